The SMILES string of the molecule is O=C(O)CCc1ccc(-c2ccc(Cl)cc2)n1NC(=O)c1ccc([N+](=O)[O-])cc1. The summed E-state index contributed by atoms with van der Waals surface area (Å²) in [5, 5.41) is 20.3. The van der Waals surface area contributed by atoms with Gasteiger partial charge >= 0.3 is 5.97 Å². The Bertz CT molecular complexity index is 1060. The van der Waals surface area contributed by atoms with E-state index in [0.717, 1.165) is 5.56 Å². The summed E-state index contributed by atoms with van der Waals surface area (Å²) in [5.74, 6) is -1.43. The predicted octanol–water partition coefficient (Wildman–Crippen LogP) is 4.12. The fourth-order valence-electron chi connectivity index (χ4n) is 2.79. The first kappa shape index (κ1) is 20.1. The number of carboxylic acid groups (broad SMARTS) is 1. The smallest absolute Gasteiger partial charge is 0.303 e. The van der Waals surface area contributed by atoms with Crippen molar-refractivity contribution in [2.45, 2.75) is 12.8 Å². The van der Waals surface area contributed by atoms with E-state index < -0.39 is 16.8 Å². The van der Waals surface area contributed by atoms with Gasteiger partial charge in [-0.3, -0.25) is 29.8 Å². The summed E-state index contributed by atoms with van der Waals surface area (Å²) in [6.45, 7) is 0. The average Bonchev–Trinajstić information content (AvgIpc) is 3.09. The van der Waals surface area contributed by atoms with Crippen LogP contribution in [0, 0.1) is 10.1 Å². The molecule has 0 aliphatic carbocycles. The van der Waals surface area contributed by atoms with Crippen molar-refractivity contribution >= 4 is 29.2 Å². The van der Waals surface area contributed by atoms with Crippen molar-refractivity contribution in [1.29, 1.82) is 0 Å². The zero-order chi connectivity index (χ0) is 21.0. The van der Waals surface area contributed by atoms with Crippen LogP contribution in [0.1, 0.15) is 22.5 Å². The number of hydrogen-bond donors (Lipinski definition) is 2. The number of hydrogen-bond acceptors (Lipinski definition) is 4. The first-order valence-corrected chi connectivity index (χ1v) is 8.97. The van der Waals surface area contributed by atoms with Crippen LogP contribution in [-0.4, -0.2) is 26.6 Å². The molecule has 9 heteroatoms. The Hall–Kier alpha value is -3.65. The van der Waals surface area contributed by atoms with Crippen LogP contribution in [-0.2, 0) is 11.2 Å². The van der Waals surface area contributed by atoms with Crippen molar-refractivity contribution < 1.29 is 19.6 Å². The molecular weight excluding hydrogens is 398 g/mol. The van der Waals surface area contributed by atoms with Gasteiger partial charge in [0.15, 0.2) is 0 Å². The topological polar surface area (TPSA) is 114 Å². The van der Waals surface area contributed by atoms with Crippen LogP contribution in [0.4, 0.5) is 5.69 Å². The molecule has 148 valence electrons. The van der Waals surface area contributed by atoms with Gasteiger partial charge < -0.3 is 5.11 Å². The second-order valence-electron chi connectivity index (χ2n) is 6.19. The Morgan fingerprint density at radius 3 is 2.28 bits per heavy atom. The van der Waals surface area contributed by atoms with Gasteiger partial charge in [0.05, 0.1) is 17.0 Å². The van der Waals surface area contributed by atoms with Gasteiger partial charge in [-0.15, -0.1) is 0 Å². The first-order chi connectivity index (χ1) is 13.8. The lowest BCUT2D eigenvalue weighted by molar-refractivity contribution is -0.384. The van der Waals surface area contributed by atoms with Gasteiger partial charge in [-0.25, -0.2) is 0 Å². The molecular formula is C20H16ClN3O5. The number of nitro groups is 1. The third kappa shape index (κ3) is 4.80. The molecule has 0 unspecified atom stereocenters. The third-order valence-electron chi connectivity index (χ3n) is 4.25. The van der Waals surface area contributed by atoms with Crippen molar-refractivity contribution in [3.63, 3.8) is 0 Å². The van der Waals surface area contributed by atoms with Crippen molar-refractivity contribution in [3.8, 4) is 11.3 Å². The van der Waals surface area contributed by atoms with E-state index in [1.807, 2.05) is 0 Å². The molecule has 0 bridgehead atoms. The maximum Gasteiger partial charge on any atom is 0.303 e. The molecule has 29 heavy (non-hydrogen) atoms. The van der Waals surface area contributed by atoms with Crippen LogP contribution in [0.3, 0.4) is 0 Å². The molecule has 0 atom stereocenters. The summed E-state index contributed by atoms with van der Waals surface area (Å²) in [5.41, 5.74) is 4.89. The molecule has 0 fully saturated rings. The Balaban J connectivity index is 1.93. The number of carbonyl (C=O) groups excluding carboxylic acids is 1. The number of benzene rings is 2. The molecule has 8 nitrogen and oxygen atoms in total. The summed E-state index contributed by atoms with van der Waals surface area (Å²) in [7, 11) is 0. The van der Waals surface area contributed by atoms with Gasteiger partial charge in [-0.2, -0.15) is 0 Å². The fourth-order valence-corrected chi connectivity index (χ4v) is 2.91. The maximum absolute atomic E-state index is 12.7. The highest BCUT2D eigenvalue weighted by molar-refractivity contribution is 6.30. The lowest BCUT2D eigenvalue weighted by atomic mass is 10.1. The van der Waals surface area contributed by atoms with E-state index in [9.17, 15) is 19.7 Å². The number of amides is 1. The van der Waals surface area contributed by atoms with Gasteiger partial charge in [-0.1, -0.05) is 23.7 Å². The minimum absolute atomic E-state index is 0.0997. The number of non-ortho nitro benzene ring substituents is 1. The van der Waals surface area contributed by atoms with Crippen LogP contribution in [0.15, 0.2) is 60.7 Å². The normalized spacial score (nSPS) is 10.5. The quantitative estimate of drug-likeness (QED) is 0.446. The van der Waals surface area contributed by atoms with E-state index in [1.165, 1.54) is 28.9 Å². The van der Waals surface area contributed by atoms with E-state index in [2.05, 4.69) is 5.43 Å². The average molecular weight is 414 g/mol. The monoisotopic (exact) mass is 413 g/mol. The highest BCUT2D eigenvalue weighted by Crippen LogP contribution is 2.24. The number of carbonyl (C=O) groups is 2. The number of rotatable bonds is 7. The lowest BCUT2D eigenvalue weighted by Crippen LogP contribution is -2.25. The lowest BCUT2D eigenvalue weighted by Gasteiger charge is -2.15. The Kier molecular flexibility index (Phi) is 5.94. The van der Waals surface area contributed by atoms with E-state index in [-0.39, 0.29) is 24.1 Å². The largest absolute Gasteiger partial charge is 0.481 e. The third-order valence-corrected chi connectivity index (χ3v) is 4.50. The standard InChI is InChI=1S/C20H16ClN3O5/c21-15-5-1-13(2-6-15)18-11-9-16(10-12-19(25)26)23(18)22-20(27)14-3-7-17(8-4-14)24(28)29/h1-9,11H,10,12H2,(H,22,27)(H,25,26). The minimum atomic E-state index is -0.951. The molecule has 0 radical (unpaired) electrons. The van der Waals surface area contributed by atoms with Gasteiger partial charge in [0.1, 0.15) is 0 Å². The van der Waals surface area contributed by atoms with Crippen LogP contribution in [0.2, 0.25) is 5.02 Å². The molecule has 0 saturated heterocycles. The predicted molar refractivity (Wildman–Crippen MR) is 108 cm³/mol. The molecule has 1 heterocycles. The molecule has 3 rings (SSSR count). The van der Waals surface area contributed by atoms with E-state index in [0.29, 0.717) is 16.4 Å². The summed E-state index contributed by atoms with van der Waals surface area (Å²) in [4.78, 5) is 33.9. The molecule has 0 saturated carbocycles. The van der Waals surface area contributed by atoms with Gasteiger partial charge in [0.2, 0.25) is 0 Å². The van der Waals surface area contributed by atoms with Crippen molar-refractivity contribution in [2.75, 3.05) is 5.43 Å². The zero-order valence-corrected chi connectivity index (χ0v) is 15.8. The number of nitrogens with one attached hydrogen (secondary N) is 1. The highest BCUT2D eigenvalue weighted by atomic mass is 35.5. The molecule has 0 aliphatic rings. The molecule has 3 aromatic rings. The molecule has 2 aromatic carbocycles. The Morgan fingerprint density at radius 2 is 1.69 bits per heavy atom. The number of aryl methyl sites for hydroxylation is 1. The van der Waals surface area contributed by atoms with Crippen molar-refractivity contribution in [2.24, 2.45) is 0 Å². The maximum atomic E-state index is 12.7. The molecule has 1 aromatic heterocycles. The molecule has 0 aliphatic heterocycles. The van der Waals surface area contributed by atoms with Crippen LogP contribution >= 0.6 is 11.6 Å². The molecule has 0 spiro atoms. The number of nitrogens with zero attached hydrogens (tertiary/aromatic N) is 2. The van der Waals surface area contributed by atoms with Gasteiger partial charge in [0, 0.05) is 40.4 Å². The highest BCUT2D eigenvalue weighted by Gasteiger charge is 2.16. The van der Waals surface area contributed by atoms with E-state index in [4.69, 9.17) is 16.7 Å². The van der Waals surface area contributed by atoms with Crippen LogP contribution in [0.5, 0.6) is 0 Å². The second-order valence-corrected chi connectivity index (χ2v) is 6.63. The molecule has 2 N–H and O–H groups in total. The van der Waals surface area contributed by atoms with E-state index in [1.54, 1.807) is 36.4 Å². The second kappa shape index (κ2) is 8.57. The van der Waals surface area contributed by atoms with Gasteiger partial charge in [0.25, 0.3) is 11.6 Å². The fraction of sp³-hybridized carbons (Fsp3) is 0.100. The number of carboxylic acids is 1. The number of halogens is 1. The minimum Gasteiger partial charge on any atom is -0.481 e. The van der Waals surface area contributed by atoms with Crippen LogP contribution < -0.4 is 5.43 Å². The number of nitro benzene ring substituents is 1. The Labute approximate surface area is 170 Å². The summed E-state index contributed by atoms with van der Waals surface area (Å²) < 4.78 is 1.52. The van der Waals surface area contributed by atoms with Crippen molar-refractivity contribution in [3.05, 3.63) is 87.1 Å². The zero-order valence-electron chi connectivity index (χ0n) is 15.0. The molecule has 1 amide bonds. The number of aliphatic carboxylic acids is 1. The summed E-state index contributed by atoms with van der Waals surface area (Å²) in [6.07, 6.45) is 0.112. The van der Waals surface area contributed by atoms with E-state index >= 15 is 0 Å². The number of aromatic nitrogens is 1. The van der Waals surface area contributed by atoms with Gasteiger partial charge in [-0.05, 0) is 36.4 Å². The summed E-state index contributed by atoms with van der Waals surface area (Å²) >= 11 is 5.94. The first-order valence-electron chi connectivity index (χ1n) is 8.59. The van der Waals surface area contributed by atoms with Crippen molar-refractivity contribution in [1.82, 2.24) is 4.68 Å². The Morgan fingerprint density at radius 1 is 1.03 bits per heavy atom. The van der Waals surface area contributed by atoms with Crippen LogP contribution in [0.25, 0.3) is 11.3 Å². The summed E-state index contributed by atoms with van der Waals surface area (Å²) in [6, 6.07) is 15.7.